The van der Waals surface area contributed by atoms with Crippen molar-refractivity contribution in [2.45, 2.75) is 13.1 Å². The highest BCUT2D eigenvalue weighted by molar-refractivity contribution is 7.16. The van der Waals surface area contributed by atoms with Crippen LogP contribution in [0.15, 0.2) is 30.3 Å². The summed E-state index contributed by atoms with van der Waals surface area (Å²) in [7, 11) is 0. The molecule has 1 N–H and O–H groups in total. The van der Waals surface area contributed by atoms with E-state index >= 15 is 0 Å². The minimum absolute atomic E-state index is 0.616. The molecule has 1 aromatic heterocycles. The molecule has 0 radical (unpaired) electrons. The summed E-state index contributed by atoms with van der Waals surface area (Å²) in [5.74, 6) is 1.70. The molecule has 0 spiro atoms. The van der Waals surface area contributed by atoms with Gasteiger partial charge in [-0.25, -0.2) is 0 Å². The lowest BCUT2D eigenvalue weighted by Gasteiger charge is -2.21. The molecule has 0 amide bonds. The predicted molar refractivity (Wildman–Crippen MR) is 77.3 cm³/mol. The van der Waals surface area contributed by atoms with Crippen LogP contribution in [0.25, 0.3) is 0 Å². The molecule has 0 saturated heterocycles. The summed E-state index contributed by atoms with van der Waals surface area (Å²) in [5, 5.41) is 3.40. The highest BCUT2D eigenvalue weighted by atomic mass is 35.5. The van der Waals surface area contributed by atoms with Crippen LogP contribution in [-0.4, -0.2) is 13.2 Å². The van der Waals surface area contributed by atoms with E-state index in [2.05, 4.69) is 11.4 Å². The quantitative estimate of drug-likeness (QED) is 0.937. The maximum absolute atomic E-state index is 5.91. The van der Waals surface area contributed by atoms with Crippen molar-refractivity contribution in [1.29, 1.82) is 0 Å². The number of hydrogen-bond donors (Lipinski definition) is 1. The third-order valence-electron chi connectivity index (χ3n) is 2.89. The molecule has 2 heterocycles. The van der Waals surface area contributed by atoms with E-state index in [4.69, 9.17) is 21.1 Å². The van der Waals surface area contributed by atoms with Crippen molar-refractivity contribution in [3.05, 3.63) is 45.1 Å². The molecule has 3 nitrogen and oxygen atoms in total. The lowest BCUT2D eigenvalue weighted by atomic mass is 10.1. The Morgan fingerprint density at radius 3 is 2.84 bits per heavy atom. The maximum atomic E-state index is 5.91. The van der Waals surface area contributed by atoms with Crippen LogP contribution in [0.1, 0.15) is 10.4 Å². The zero-order valence-electron chi connectivity index (χ0n) is 10.3. The zero-order chi connectivity index (χ0) is 13.1. The van der Waals surface area contributed by atoms with Crippen molar-refractivity contribution in [1.82, 2.24) is 5.32 Å². The molecule has 0 unspecified atom stereocenters. The lowest BCUT2D eigenvalue weighted by molar-refractivity contribution is 0.169. The molecule has 19 heavy (non-hydrogen) atoms. The van der Waals surface area contributed by atoms with Crippen molar-refractivity contribution in [3.8, 4) is 11.5 Å². The molecule has 5 heteroatoms. The van der Waals surface area contributed by atoms with Gasteiger partial charge >= 0.3 is 0 Å². The summed E-state index contributed by atoms with van der Waals surface area (Å²) in [4.78, 5) is 1.23. The van der Waals surface area contributed by atoms with Crippen molar-refractivity contribution in [3.63, 3.8) is 0 Å². The van der Waals surface area contributed by atoms with E-state index in [1.807, 2.05) is 24.3 Å². The Bertz CT molecular complexity index is 570. The number of thiophene rings is 1. The Balaban J connectivity index is 1.64. The second kappa shape index (κ2) is 5.82. The Labute approximate surface area is 121 Å². The molecule has 0 saturated carbocycles. The van der Waals surface area contributed by atoms with E-state index in [0.29, 0.717) is 13.2 Å². The normalized spacial score (nSPS) is 13.5. The van der Waals surface area contributed by atoms with Gasteiger partial charge in [0, 0.05) is 23.5 Å². The van der Waals surface area contributed by atoms with Gasteiger partial charge in [-0.05, 0) is 18.2 Å². The van der Waals surface area contributed by atoms with Gasteiger partial charge in [0.25, 0.3) is 0 Å². The number of ether oxygens (including phenoxy) is 2. The van der Waals surface area contributed by atoms with Crippen LogP contribution in [0, 0.1) is 0 Å². The Kier molecular flexibility index (Phi) is 3.92. The summed E-state index contributed by atoms with van der Waals surface area (Å²) in [6, 6.07) is 9.95. The van der Waals surface area contributed by atoms with Crippen LogP contribution in [0.3, 0.4) is 0 Å². The van der Waals surface area contributed by atoms with E-state index in [9.17, 15) is 0 Å². The van der Waals surface area contributed by atoms with Gasteiger partial charge in [-0.3, -0.25) is 0 Å². The van der Waals surface area contributed by atoms with Crippen LogP contribution in [-0.2, 0) is 13.1 Å². The number of halogens is 1. The molecule has 3 rings (SSSR count). The summed E-state index contributed by atoms with van der Waals surface area (Å²) in [6.45, 7) is 2.80. The average molecular weight is 296 g/mol. The average Bonchev–Trinajstić information content (AvgIpc) is 2.85. The van der Waals surface area contributed by atoms with Crippen molar-refractivity contribution >= 4 is 22.9 Å². The first-order chi connectivity index (χ1) is 9.33. The fourth-order valence-electron chi connectivity index (χ4n) is 2.04. The topological polar surface area (TPSA) is 30.5 Å². The molecule has 100 valence electrons. The van der Waals surface area contributed by atoms with E-state index in [1.54, 1.807) is 11.3 Å². The standard InChI is InChI=1S/C14H14ClNO2S/c15-13-5-4-11(19-13)9-16-8-10-2-1-3-12-14(10)18-7-6-17-12/h1-5,16H,6-9H2. The van der Waals surface area contributed by atoms with Crippen LogP contribution in [0.5, 0.6) is 11.5 Å². The SMILES string of the molecule is Clc1ccc(CNCc2cccc3c2OCCO3)s1. The highest BCUT2D eigenvalue weighted by Crippen LogP contribution is 2.33. The maximum Gasteiger partial charge on any atom is 0.165 e. The first kappa shape index (κ1) is 12.8. The van der Waals surface area contributed by atoms with Gasteiger partial charge in [-0.2, -0.15) is 0 Å². The Hall–Kier alpha value is -1.23. The highest BCUT2D eigenvalue weighted by Gasteiger charge is 2.14. The number of fused-ring (bicyclic) bond motifs is 1. The molecule has 0 aliphatic carbocycles. The molecule has 2 aromatic rings. The fraction of sp³-hybridized carbons (Fsp3) is 0.286. The summed E-state index contributed by atoms with van der Waals surface area (Å²) in [6.07, 6.45) is 0. The zero-order valence-corrected chi connectivity index (χ0v) is 11.9. The fourth-order valence-corrected chi connectivity index (χ4v) is 3.10. The number of benzene rings is 1. The van der Waals surface area contributed by atoms with Crippen molar-refractivity contribution in [2.24, 2.45) is 0 Å². The lowest BCUT2D eigenvalue weighted by Crippen LogP contribution is -2.19. The number of nitrogens with one attached hydrogen (secondary N) is 1. The van der Waals surface area contributed by atoms with Gasteiger partial charge in [0.2, 0.25) is 0 Å². The number of hydrogen-bond acceptors (Lipinski definition) is 4. The molecular weight excluding hydrogens is 282 g/mol. The van der Waals surface area contributed by atoms with Gasteiger partial charge in [-0.1, -0.05) is 23.7 Å². The van der Waals surface area contributed by atoms with E-state index in [0.717, 1.165) is 34.5 Å². The van der Waals surface area contributed by atoms with E-state index in [1.165, 1.54) is 4.88 Å². The molecular formula is C14H14ClNO2S. The van der Waals surface area contributed by atoms with Crippen LogP contribution in [0.4, 0.5) is 0 Å². The second-order valence-electron chi connectivity index (χ2n) is 4.25. The van der Waals surface area contributed by atoms with Crippen LogP contribution in [0.2, 0.25) is 4.34 Å². The van der Waals surface area contributed by atoms with Gasteiger partial charge in [-0.15, -0.1) is 11.3 Å². The number of para-hydroxylation sites is 1. The predicted octanol–water partition coefficient (Wildman–Crippen LogP) is 3.46. The minimum Gasteiger partial charge on any atom is -0.486 e. The third kappa shape index (κ3) is 3.03. The summed E-state index contributed by atoms with van der Waals surface area (Å²) < 4.78 is 12.1. The summed E-state index contributed by atoms with van der Waals surface area (Å²) in [5.41, 5.74) is 1.12. The summed E-state index contributed by atoms with van der Waals surface area (Å²) >= 11 is 7.50. The largest absolute Gasteiger partial charge is 0.486 e. The first-order valence-electron chi connectivity index (χ1n) is 6.15. The molecule has 1 aliphatic heterocycles. The smallest absolute Gasteiger partial charge is 0.165 e. The van der Waals surface area contributed by atoms with Gasteiger partial charge in [0.15, 0.2) is 11.5 Å². The molecule has 0 fully saturated rings. The van der Waals surface area contributed by atoms with Crippen LogP contribution < -0.4 is 14.8 Å². The van der Waals surface area contributed by atoms with Gasteiger partial charge < -0.3 is 14.8 Å². The third-order valence-corrected chi connectivity index (χ3v) is 4.12. The number of rotatable bonds is 4. The van der Waals surface area contributed by atoms with E-state index in [-0.39, 0.29) is 0 Å². The molecule has 0 bridgehead atoms. The van der Waals surface area contributed by atoms with Gasteiger partial charge in [0.05, 0.1) is 4.34 Å². The monoisotopic (exact) mass is 295 g/mol. The van der Waals surface area contributed by atoms with Crippen molar-refractivity contribution < 1.29 is 9.47 Å². The molecule has 1 aromatic carbocycles. The molecule has 1 aliphatic rings. The minimum atomic E-state index is 0.616. The van der Waals surface area contributed by atoms with Gasteiger partial charge in [0.1, 0.15) is 13.2 Å². The van der Waals surface area contributed by atoms with Crippen molar-refractivity contribution in [2.75, 3.05) is 13.2 Å². The van der Waals surface area contributed by atoms with Crippen LogP contribution >= 0.6 is 22.9 Å². The Morgan fingerprint density at radius 2 is 2.00 bits per heavy atom. The second-order valence-corrected chi connectivity index (χ2v) is 6.05. The molecule has 0 atom stereocenters. The first-order valence-corrected chi connectivity index (χ1v) is 7.35. The Morgan fingerprint density at radius 1 is 1.11 bits per heavy atom. The van der Waals surface area contributed by atoms with E-state index < -0.39 is 0 Å².